The normalized spacial score (nSPS) is 12.3. The zero-order valence-corrected chi connectivity index (χ0v) is 36.5. The molecule has 0 fully saturated rings. The van der Waals surface area contributed by atoms with Gasteiger partial charge in [0.1, 0.15) is 0 Å². The monoisotopic (exact) mass is 950 g/mol. The van der Waals surface area contributed by atoms with Crippen molar-refractivity contribution in [3.63, 3.8) is 0 Å². The van der Waals surface area contributed by atoms with Gasteiger partial charge >= 0.3 is 0 Å². The Balaban J connectivity index is 0.969. The van der Waals surface area contributed by atoms with Crippen LogP contribution < -0.4 is 21.3 Å². The second-order valence-corrected chi connectivity index (χ2v) is 16.5. The van der Waals surface area contributed by atoms with Gasteiger partial charge in [-0.05, 0) is 72.8 Å². The average molecular weight is 953 g/mol. The number of carbonyl (C=O) groups is 8. The molecule has 0 bridgehead atoms. The van der Waals surface area contributed by atoms with E-state index in [-0.39, 0.29) is 110 Å². The maximum Gasteiger partial charge on any atom is 0.257 e. The molecular weight excluding hydrogens is 926 g/mol. The molecule has 4 N–H and O–H groups in total. The van der Waals surface area contributed by atoms with Crippen LogP contribution in [0.2, 0.25) is 20.1 Å². The Morgan fingerprint density at radius 2 is 0.591 bits per heavy atom. The lowest BCUT2D eigenvalue weighted by Crippen LogP contribution is -2.27. The van der Waals surface area contributed by atoms with Crippen molar-refractivity contribution in [3.8, 4) is 0 Å². The summed E-state index contributed by atoms with van der Waals surface area (Å²) in [6, 6.07) is 31.9. The molecule has 322 valence electrons. The van der Waals surface area contributed by atoms with E-state index in [9.17, 15) is 38.4 Å². The van der Waals surface area contributed by atoms with Crippen molar-refractivity contribution < 1.29 is 38.4 Å². The van der Waals surface area contributed by atoms with Crippen molar-refractivity contribution in [2.75, 3.05) is 21.3 Å². The maximum absolute atomic E-state index is 14.2. The van der Waals surface area contributed by atoms with Gasteiger partial charge in [-0.3, -0.25) is 38.4 Å². The molecule has 0 spiro atoms. The minimum absolute atomic E-state index is 0.0250. The Bertz CT molecular complexity index is 3170. The largest absolute Gasteiger partial charge is 0.321 e. The van der Waals surface area contributed by atoms with Crippen LogP contribution in [0.15, 0.2) is 133 Å². The van der Waals surface area contributed by atoms with E-state index in [4.69, 9.17) is 46.4 Å². The molecule has 0 aliphatic heterocycles. The zero-order chi connectivity index (χ0) is 46.6. The number of rotatable bonds is 8. The van der Waals surface area contributed by atoms with E-state index in [2.05, 4.69) is 21.3 Å². The molecule has 0 atom stereocenters. The smallest absolute Gasteiger partial charge is 0.257 e. The predicted molar refractivity (Wildman–Crippen MR) is 251 cm³/mol. The summed E-state index contributed by atoms with van der Waals surface area (Å²) in [6.07, 6.45) is 0. The predicted octanol–water partition coefficient (Wildman–Crippen LogP) is 10.9. The molecule has 0 saturated carbocycles. The molecule has 4 amide bonds. The number of anilines is 4. The highest BCUT2D eigenvalue weighted by Gasteiger charge is 2.37. The van der Waals surface area contributed by atoms with E-state index in [0.717, 1.165) is 0 Å². The van der Waals surface area contributed by atoms with Crippen LogP contribution in [-0.2, 0) is 0 Å². The molecule has 7 aromatic carbocycles. The number of hydrogen-bond donors (Lipinski definition) is 4. The molecule has 2 aliphatic rings. The Kier molecular flexibility index (Phi) is 11.4. The number of halogens is 4. The van der Waals surface area contributed by atoms with E-state index in [1.807, 2.05) is 0 Å². The molecule has 0 saturated heterocycles. The zero-order valence-electron chi connectivity index (χ0n) is 33.5. The Morgan fingerprint density at radius 3 is 0.879 bits per heavy atom. The number of amides is 4. The van der Waals surface area contributed by atoms with Crippen molar-refractivity contribution in [1.29, 1.82) is 0 Å². The van der Waals surface area contributed by atoms with Crippen LogP contribution in [0.25, 0.3) is 0 Å². The van der Waals surface area contributed by atoms with E-state index < -0.39 is 46.8 Å². The Morgan fingerprint density at radius 1 is 0.318 bits per heavy atom. The highest BCUT2D eigenvalue weighted by molar-refractivity contribution is 6.38. The summed E-state index contributed by atoms with van der Waals surface area (Å²) in [5, 5.41) is 11.4. The molecule has 7 aromatic rings. The van der Waals surface area contributed by atoms with Gasteiger partial charge in [0.25, 0.3) is 23.6 Å². The molecule has 12 nitrogen and oxygen atoms in total. The molecule has 9 rings (SSSR count). The summed E-state index contributed by atoms with van der Waals surface area (Å²) < 4.78 is 0. The van der Waals surface area contributed by atoms with Gasteiger partial charge in [-0.1, -0.05) is 107 Å². The summed E-state index contributed by atoms with van der Waals surface area (Å²) in [7, 11) is 0. The van der Waals surface area contributed by atoms with Gasteiger partial charge in [-0.25, -0.2) is 0 Å². The third kappa shape index (κ3) is 7.71. The van der Waals surface area contributed by atoms with E-state index >= 15 is 0 Å². The topological polar surface area (TPSA) is 185 Å². The highest BCUT2D eigenvalue weighted by atomic mass is 35.5. The molecule has 0 radical (unpaired) electrons. The minimum atomic E-state index is -0.816. The van der Waals surface area contributed by atoms with Crippen molar-refractivity contribution in [1.82, 2.24) is 0 Å². The quantitative estimate of drug-likeness (QED) is 0.116. The van der Waals surface area contributed by atoms with Crippen LogP contribution in [0.3, 0.4) is 0 Å². The number of benzene rings is 7. The van der Waals surface area contributed by atoms with E-state index in [0.29, 0.717) is 0 Å². The van der Waals surface area contributed by atoms with Crippen molar-refractivity contribution in [3.05, 3.63) is 220 Å². The number of carbonyl (C=O) groups excluding carboxylic acids is 8. The van der Waals surface area contributed by atoms with Gasteiger partial charge in [0.2, 0.25) is 0 Å². The summed E-state index contributed by atoms with van der Waals surface area (Å²) in [4.78, 5) is 111. The molecule has 0 unspecified atom stereocenters. The summed E-state index contributed by atoms with van der Waals surface area (Å²) in [6.45, 7) is 0. The van der Waals surface area contributed by atoms with Crippen molar-refractivity contribution in [2.24, 2.45) is 0 Å². The van der Waals surface area contributed by atoms with Gasteiger partial charge in [0, 0.05) is 32.3 Å². The first kappa shape index (κ1) is 43.5. The number of hydrogen-bond acceptors (Lipinski definition) is 8. The second-order valence-electron chi connectivity index (χ2n) is 14.8. The highest BCUT2D eigenvalue weighted by Crippen LogP contribution is 2.38. The molecule has 0 aromatic heterocycles. The average Bonchev–Trinajstić information content (AvgIpc) is 3.31. The molecule has 0 heterocycles. The minimum Gasteiger partial charge on any atom is -0.321 e. The summed E-state index contributed by atoms with van der Waals surface area (Å²) in [5.74, 6) is -5.40. The molecule has 66 heavy (non-hydrogen) atoms. The lowest BCUT2D eigenvalue weighted by Gasteiger charge is -2.23. The van der Waals surface area contributed by atoms with Crippen molar-refractivity contribution in [2.45, 2.75) is 0 Å². The third-order valence-corrected chi connectivity index (χ3v) is 12.0. The van der Waals surface area contributed by atoms with Crippen molar-refractivity contribution >= 4 is 116 Å². The fourth-order valence-corrected chi connectivity index (χ4v) is 8.63. The van der Waals surface area contributed by atoms with Crippen LogP contribution >= 0.6 is 46.4 Å². The summed E-state index contributed by atoms with van der Waals surface area (Å²) in [5.41, 5.74) is -0.626. The second kappa shape index (κ2) is 17.3. The first-order valence-electron chi connectivity index (χ1n) is 19.7. The standard InChI is InChI=1S/C50H26Cl4N4O8/c51-23-17-19-33(53)31(21-23)49(65)57-37-15-5-11-29-41(37)45(61)27-9-3-13-35(39(27)43(29)59)55-47(63)25-7-1-2-8-26(25)48(64)56-36-14-4-10-28-40(36)44(60)30-12-6-16-38(42(30)46(28)62)58-50(66)32-22-24(52)18-20-34(32)54/h1-22H,(H,55,63)(H,56,64)(H,57,65)(H,58,66). The van der Waals surface area contributed by atoms with Crippen LogP contribution in [0.4, 0.5) is 22.7 Å². The molecule has 2 aliphatic carbocycles. The van der Waals surface area contributed by atoms with Gasteiger partial charge in [-0.2, -0.15) is 0 Å². The Hall–Kier alpha value is -7.74. The van der Waals surface area contributed by atoms with E-state index in [1.165, 1.54) is 133 Å². The van der Waals surface area contributed by atoms with Gasteiger partial charge < -0.3 is 21.3 Å². The van der Waals surface area contributed by atoms with Gasteiger partial charge in [0.15, 0.2) is 23.1 Å². The van der Waals surface area contributed by atoms with Gasteiger partial charge in [-0.15, -0.1) is 0 Å². The van der Waals surface area contributed by atoms with Gasteiger partial charge in [0.05, 0.1) is 77.3 Å². The lowest BCUT2D eigenvalue weighted by atomic mass is 9.82. The lowest BCUT2D eigenvalue weighted by molar-refractivity contribution is 0.0975. The molecule has 16 heteroatoms. The fourth-order valence-electron chi connectivity index (χ4n) is 7.88. The maximum atomic E-state index is 14.2. The Labute approximate surface area is 393 Å². The number of nitrogens with one attached hydrogen (secondary N) is 4. The van der Waals surface area contributed by atoms with E-state index in [1.54, 1.807) is 0 Å². The first-order chi connectivity index (χ1) is 31.7. The van der Waals surface area contributed by atoms with Crippen LogP contribution in [0, 0.1) is 0 Å². The third-order valence-electron chi connectivity index (χ3n) is 10.9. The number of ketones is 4. The SMILES string of the molecule is O=C(Nc1cccc2c1C(=O)c1cccc(NC(=O)c3ccccc3C(=O)Nc3cccc4c3C(=O)c3cccc(NC(=O)c5cc(Cl)ccc5Cl)c3C4=O)c1C2=O)c1cc(Cl)ccc1Cl. The molecular formula is C50H26Cl4N4O8. The summed E-state index contributed by atoms with van der Waals surface area (Å²) >= 11 is 24.6. The van der Waals surface area contributed by atoms with Crippen LogP contribution in [0.5, 0.6) is 0 Å². The first-order valence-corrected chi connectivity index (χ1v) is 21.2. The fraction of sp³-hybridized carbons (Fsp3) is 0. The van der Waals surface area contributed by atoms with Crippen LogP contribution in [-0.4, -0.2) is 46.8 Å². The number of fused-ring (bicyclic) bond motifs is 4. The van der Waals surface area contributed by atoms with Crippen LogP contribution in [0.1, 0.15) is 105 Å².